The van der Waals surface area contributed by atoms with Crippen molar-refractivity contribution in [2.24, 2.45) is 0 Å². The Balaban J connectivity index is 0.00000539. The molecule has 0 saturated carbocycles. The Morgan fingerprint density at radius 3 is 0.664 bits per heavy atom. The number of rotatable bonds is 14. The summed E-state index contributed by atoms with van der Waals surface area (Å²) in [7, 11) is 0. The third-order valence-electron chi connectivity index (χ3n) is 24.2. The van der Waals surface area contributed by atoms with Gasteiger partial charge in [0.05, 0.1) is 51.0 Å². The topological polar surface area (TPSA) is 163 Å². The molecule has 0 saturated heterocycles. The standard InChI is InChI=1S/C112H56Br6N10O4.2Ir/c113-93-59-63(41-43-83(93)77-27-7-1-21-71(77)65-53-67(73-23-3-9-29-79(73)85-45-49-125-105(101(85)115)121-95-37-17-13-33-89(95)109(125)129)57-68(54-65)74-24-4-10-30-80(74)86-46-50-126-106(102(86)116)122-96-38-18-14-34-90(96)110(126)130)99-61-100(120-62-119-99)64-42-44-84(94(114)60-64)78-28-8-2-22-72(78)66-55-69(75-25-5-11-31-81(75)87-47-51-127-107(103(87)117)123-97-39-19-15-35-91(97)111(127)131)58-70(56-66)76-26-6-12-32-82(76)88-48-52-128-108(104(88)118)124-98-40-20-16-36-92(98)112(128)132;;/h1-40,43-48,53-62H;;/q-6;2*+3. The van der Waals surface area contributed by atoms with Crippen molar-refractivity contribution >= 4 is 162 Å². The van der Waals surface area contributed by atoms with Crippen molar-refractivity contribution in [1.29, 1.82) is 0 Å². The molecular weight excluding hydrogens is 2410 g/mol. The van der Waals surface area contributed by atoms with Crippen LogP contribution in [0.5, 0.6) is 0 Å². The van der Waals surface area contributed by atoms with E-state index in [9.17, 15) is 19.2 Å². The molecule has 0 atom stereocenters. The van der Waals surface area contributed by atoms with Gasteiger partial charge in [0.25, 0.3) is 0 Å². The van der Waals surface area contributed by atoms with E-state index in [-0.39, 0.29) is 62.4 Å². The smallest absolute Gasteiger partial charge is 0.388 e. The summed E-state index contributed by atoms with van der Waals surface area (Å²) in [4.78, 5) is 85.8. The summed E-state index contributed by atoms with van der Waals surface area (Å²) < 4.78 is 10.0. The van der Waals surface area contributed by atoms with Crippen LogP contribution in [0.4, 0.5) is 0 Å². The molecule has 0 amide bonds. The summed E-state index contributed by atoms with van der Waals surface area (Å²) in [6.07, 6.45) is 14.7. The molecule has 134 heavy (non-hydrogen) atoms. The molecule has 0 bridgehead atoms. The van der Waals surface area contributed by atoms with Crippen molar-refractivity contribution in [3.8, 4) is 156 Å². The quantitative estimate of drug-likeness (QED) is 0.0756. The number of hydrogen-bond donors (Lipinski definition) is 0. The number of fused-ring (bicyclic) bond motifs is 8. The predicted molar refractivity (Wildman–Crippen MR) is 547 cm³/mol. The van der Waals surface area contributed by atoms with Crippen LogP contribution in [0.25, 0.3) is 222 Å². The average molecular weight is 2470 g/mol. The summed E-state index contributed by atoms with van der Waals surface area (Å²) in [6, 6.07) is 117. The van der Waals surface area contributed by atoms with E-state index in [1.807, 2.05) is 188 Å². The zero-order chi connectivity index (χ0) is 89.3. The van der Waals surface area contributed by atoms with Crippen LogP contribution in [-0.2, 0) is 40.2 Å². The van der Waals surface area contributed by atoms with E-state index in [2.05, 4.69) is 254 Å². The molecule has 9 heterocycles. The van der Waals surface area contributed by atoms with Crippen LogP contribution in [0.2, 0.25) is 0 Å². The number of hydrogen-bond acceptors (Lipinski definition) is 10. The number of pyridine rings is 4. The molecule has 0 spiro atoms. The number of aromatic nitrogens is 10. The predicted octanol–water partition coefficient (Wildman–Crippen LogP) is 27.8. The Morgan fingerprint density at radius 1 is 0.224 bits per heavy atom. The van der Waals surface area contributed by atoms with Crippen molar-refractivity contribution in [3.63, 3.8) is 0 Å². The van der Waals surface area contributed by atoms with E-state index in [4.69, 9.17) is 29.9 Å². The zero-order valence-corrected chi connectivity index (χ0v) is 83.7. The summed E-state index contributed by atoms with van der Waals surface area (Å²) >= 11 is 24.0. The van der Waals surface area contributed by atoms with Crippen LogP contribution in [0.1, 0.15) is 0 Å². The first-order valence-electron chi connectivity index (χ1n) is 41.8. The van der Waals surface area contributed by atoms with Gasteiger partial charge in [0.15, 0.2) is 22.2 Å². The third-order valence-corrected chi connectivity index (χ3v) is 28.7. The molecule has 0 aliphatic carbocycles. The fraction of sp³-hybridized carbons (Fsp3) is 0. The molecule has 0 N–H and O–H groups in total. The first-order chi connectivity index (χ1) is 64.6. The Bertz CT molecular complexity index is 8260. The molecule has 9 aromatic heterocycles. The maximum absolute atomic E-state index is 14.0. The average Bonchev–Trinajstić information content (AvgIpc) is 0.754. The molecule has 0 unspecified atom stereocenters. The summed E-state index contributed by atoms with van der Waals surface area (Å²) in [5.74, 6) is 0. The van der Waals surface area contributed by atoms with E-state index in [1.165, 1.54) is 17.6 Å². The molecule has 14 aromatic carbocycles. The molecule has 23 aromatic rings. The van der Waals surface area contributed by atoms with Gasteiger partial charge >= 0.3 is 40.2 Å². The normalized spacial score (nSPS) is 11.5. The minimum Gasteiger partial charge on any atom is -0.388 e. The first kappa shape index (κ1) is 87.5. The monoisotopic (exact) mass is 2460 g/mol. The van der Waals surface area contributed by atoms with E-state index < -0.39 is 0 Å². The molecule has 0 fully saturated rings. The minimum atomic E-state index is -0.217. The van der Waals surface area contributed by atoms with Gasteiger partial charge in [0.1, 0.15) is 0 Å². The van der Waals surface area contributed by atoms with Gasteiger partial charge in [-0.3, -0.25) is 29.9 Å². The van der Waals surface area contributed by atoms with Gasteiger partial charge in [0, 0.05) is 21.5 Å². The molecule has 23 rings (SSSR count). The Hall–Kier alpha value is -13.2. The molecule has 0 radical (unpaired) electrons. The van der Waals surface area contributed by atoms with Crippen molar-refractivity contribution < 1.29 is 40.2 Å². The fourth-order valence-corrected chi connectivity index (χ4v) is 21.4. The maximum atomic E-state index is 14.0. The van der Waals surface area contributed by atoms with Gasteiger partial charge in [-0.05, 0) is 157 Å². The first-order valence-corrected chi connectivity index (χ1v) is 46.6. The van der Waals surface area contributed by atoms with Crippen LogP contribution >= 0.6 is 95.6 Å². The second kappa shape index (κ2) is 36.0. The zero-order valence-electron chi connectivity index (χ0n) is 69.4. The summed E-state index contributed by atoms with van der Waals surface area (Å²) in [5.41, 5.74) is 27.3. The van der Waals surface area contributed by atoms with Gasteiger partial charge in [-0.2, -0.15) is 0 Å². The molecule has 0 aliphatic heterocycles. The van der Waals surface area contributed by atoms with Gasteiger partial charge in [-0.15, -0.1) is 71.8 Å². The molecule has 22 heteroatoms. The summed E-state index contributed by atoms with van der Waals surface area (Å²) in [5, 5.41) is 1.99. The summed E-state index contributed by atoms with van der Waals surface area (Å²) in [6.45, 7) is 0. The van der Waals surface area contributed by atoms with Crippen molar-refractivity contribution in [2.45, 2.75) is 0 Å². The molecule has 0 aliphatic rings. The largest absolute Gasteiger partial charge is 3.00 e. The maximum Gasteiger partial charge on any atom is 3.00 e. The molecule has 638 valence electrons. The van der Waals surface area contributed by atoms with Gasteiger partial charge in [-0.1, -0.05) is 421 Å². The molecular formula is C112H56Br6Ir2N10O4. The Morgan fingerprint density at radius 2 is 0.433 bits per heavy atom. The van der Waals surface area contributed by atoms with E-state index in [1.54, 1.807) is 30.6 Å². The number of halogens is 6. The van der Waals surface area contributed by atoms with Crippen molar-refractivity contribution in [1.82, 2.24) is 47.5 Å². The second-order valence-corrected chi connectivity index (χ2v) is 36.6. The van der Waals surface area contributed by atoms with Gasteiger partial charge < -0.3 is 36.8 Å². The van der Waals surface area contributed by atoms with E-state index in [0.29, 0.717) is 95.5 Å². The van der Waals surface area contributed by atoms with Crippen molar-refractivity contribution in [2.75, 3.05) is 0 Å². The van der Waals surface area contributed by atoms with Gasteiger partial charge in [-0.25, -0.2) is 0 Å². The van der Waals surface area contributed by atoms with Crippen LogP contribution in [0.15, 0.2) is 386 Å². The van der Waals surface area contributed by atoms with Crippen LogP contribution < -0.4 is 22.2 Å². The number of benzene rings is 14. The minimum absolute atomic E-state index is 0. The van der Waals surface area contributed by atoms with Crippen LogP contribution in [0.3, 0.4) is 0 Å². The third kappa shape index (κ3) is 15.3. The van der Waals surface area contributed by atoms with Crippen LogP contribution in [0, 0.1) is 36.9 Å². The van der Waals surface area contributed by atoms with Gasteiger partial charge in [0.2, 0.25) is 0 Å². The fourth-order valence-electron chi connectivity index (χ4n) is 17.9. The van der Waals surface area contributed by atoms with Crippen molar-refractivity contribution in [3.05, 3.63) is 445 Å². The Labute approximate surface area is 842 Å². The second-order valence-electron chi connectivity index (χ2n) is 31.8. The Kier molecular flexibility index (Phi) is 23.5. The number of nitrogens with zero attached hydrogens (tertiary/aromatic N) is 10. The van der Waals surface area contributed by atoms with Crippen LogP contribution in [-0.4, -0.2) is 47.5 Å². The SMILES string of the molecule is O=c1c2ccccc2nc2c(Br)c(-c3ccccc3-c3cc(-c4ccccc4-c4c[c-]c(-c5cc(-c6[c-]cc(-c7ccccc7-c7cc(-c8ccccc8-c8c[c-]n9c(=O)c%10ccccc%10nc9c8Br)cc(-c8ccccc8-c8c[c-]n9c(=O)c%10ccccc%10nc9c8Br)c7)c(Br)c6)ncn5)cc4Br)cc(-c4ccccc4-c4c[c-]n5c(=O)c6ccccc6nc5c4Br)c3)c[c-]n12.[Ir+3].[Ir+3]. The molecule has 14 nitrogen and oxygen atoms in total. The number of para-hydroxylation sites is 4. The van der Waals surface area contributed by atoms with E-state index in [0.717, 1.165) is 154 Å². The van der Waals surface area contributed by atoms with E-state index >= 15 is 0 Å².